The van der Waals surface area contributed by atoms with E-state index in [2.05, 4.69) is 274 Å². The predicted molar refractivity (Wildman–Crippen MR) is 269 cm³/mol. The van der Waals surface area contributed by atoms with Gasteiger partial charge in [0.05, 0.1) is 5.41 Å². The van der Waals surface area contributed by atoms with E-state index in [1.54, 1.807) is 0 Å². The lowest BCUT2D eigenvalue weighted by molar-refractivity contribution is 0.597. The summed E-state index contributed by atoms with van der Waals surface area (Å²) in [4.78, 5) is 4.67. The van der Waals surface area contributed by atoms with Gasteiger partial charge >= 0.3 is 0 Å². The number of rotatable bonds is 13. The summed E-state index contributed by atoms with van der Waals surface area (Å²) in [6, 6.07) is 68.7. The maximum Gasteiger partial charge on any atom is 0.0716 e. The lowest BCUT2D eigenvalue weighted by Gasteiger charge is -2.39. The van der Waals surface area contributed by atoms with E-state index in [-0.39, 0.29) is 5.41 Å². The Morgan fingerprint density at radius 3 is 1.65 bits per heavy atom. The molecule has 0 amide bonds. The number of para-hydroxylation sites is 3. The maximum absolute atomic E-state index is 4.65. The fourth-order valence-corrected chi connectivity index (χ4v) is 9.81. The van der Waals surface area contributed by atoms with E-state index < -0.39 is 5.41 Å². The lowest BCUT2D eigenvalue weighted by atomic mass is 9.63. The third-order valence-corrected chi connectivity index (χ3v) is 12.7. The van der Waals surface area contributed by atoms with Gasteiger partial charge in [-0.15, -0.1) is 0 Å². The molecule has 308 valence electrons. The molecule has 0 aromatic heterocycles. The van der Waals surface area contributed by atoms with E-state index in [0.29, 0.717) is 0 Å². The summed E-state index contributed by atoms with van der Waals surface area (Å²) < 4.78 is 0. The van der Waals surface area contributed by atoms with Gasteiger partial charge in [-0.05, 0) is 131 Å². The van der Waals surface area contributed by atoms with E-state index in [1.807, 2.05) is 0 Å². The van der Waals surface area contributed by atoms with E-state index in [0.717, 1.165) is 47.0 Å². The number of nitrogens with zero attached hydrogens (tertiary/aromatic N) is 2. The second-order valence-corrected chi connectivity index (χ2v) is 16.7. The van der Waals surface area contributed by atoms with Crippen LogP contribution in [0.1, 0.15) is 67.0 Å². The molecule has 1 unspecified atom stereocenters. The molecular weight excluding hydrogens is 761 g/mol. The van der Waals surface area contributed by atoms with Crippen LogP contribution in [0.4, 0.5) is 28.4 Å². The molecule has 2 aliphatic carbocycles. The molecule has 63 heavy (non-hydrogen) atoms. The van der Waals surface area contributed by atoms with Crippen LogP contribution in [0, 0.1) is 0 Å². The molecule has 0 bridgehead atoms. The molecule has 2 heteroatoms. The van der Waals surface area contributed by atoms with Crippen molar-refractivity contribution in [3.63, 3.8) is 0 Å². The Morgan fingerprint density at radius 2 is 1.10 bits per heavy atom. The fraction of sp³-hybridized carbons (Fsp3) is 0.115. The summed E-state index contributed by atoms with van der Waals surface area (Å²) in [6.07, 6.45) is 19.5. The first kappa shape index (κ1) is 41.0. The first-order valence-electron chi connectivity index (χ1n) is 22.2. The SMILES string of the molecule is C=C(/C=C\C=C/CC)N(c1ccccc1)c1ccc2c(c1)C(c1ccccc1)(c1ccccc1)C(c1ccc(N(c3ccccc3)c3ccccc3)cc1C1(C)C=CC=CC1)=C2C. The van der Waals surface area contributed by atoms with E-state index in [1.165, 1.54) is 44.5 Å². The minimum absolute atomic E-state index is 0.286. The van der Waals surface area contributed by atoms with Crippen LogP contribution >= 0.6 is 0 Å². The molecule has 7 aromatic carbocycles. The Bertz CT molecular complexity index is 2790. The zero-order chi connectivity index (χ0) is 43.2. The average molecular weight is 815 g/mol. The van der Waals surface area contributed by atoms with Crippen LogP contribution in [0.15, 0.2) is 249 Å². The summed E-state index contributed by atoms with van der Waals surface area (Å²) in [5, 5.41) is 0. The third-order valence-electron chi connectivity index (χ3n) is 12.7. The number of fused-ring (bicyclic) bond motifs is 1. The van der Waals surface area contributed by atoms with Crippen LogP contribution in [0.5, 0.6) is 0 Å². The summed E-state index contributed by atoms with van der Waals surface area (Å²) >= 11 is 0. The first-order chi connectivity index (χ1) is 30.9. The zero-order valence-corrected chi connectivity index (χ0v) is 36.5. The molecule has 0 radical (unpaired) electrons. The molecule has 0 heterocycles. The summed E-state index contributed by atoms with van der Waals surface area (Å²) in [5.41, 5.74) is 15.5. The molecule has 0 saturated carbocycles. The normalized spacial score (nSPS) is 16.4. The highest BCUT2D eigenvalue weighted by Crippen LogP contribution is 2.60. The molecular formula is C61H54N2. The smallest absolute Gasteiger partial charge is 0.0716 e. The van der Waals surface area contributed by atoms with Gasteiger partial charge in [0.2, 0.25) is 0 Å². The van der Waals surface area contributed by atoms with Crippen molar-refractivity contribution in [3.05, 3.63) is 282 Å². The van der Waals surface area contributed by atoms with Crippen molar-refractivity contribution in [1.82, 2.24) is 0 Å². The van der Waals surface area contributed by atoms with Gasteiger partial charge in [0.1, 0.15) is 0 Å². The number of anilines is 5. The molecule has 2 aliphatic rings. The van der Waals surface area contributed by atoms with Crippen molar-refractivity contribution in [2.75, 3.05) is 9.80 Å². The minimum atomic E-state index is -0.666. The van der Waals surface area contributed by atoms with Crippen molar-refractivity contribution < 1.29 is 0 Å². The van der Waals surface area contributed by atoms with Crippen molar-refractivity contribution in [2.45, 2.75) is 44.4 Å². The Labute approximate surface area is 374 Å². The second kappa shape index (κ2) is 17.9. The van der Waals surface area contributed by atoms with Crippen molar-refractivity contribution in [2.24, 2.45) is 0 Å². The first-order valence-corrected chi connectivity index (χ1v) is 22.2. The number of allylic oxidation sites excluding steroid dienone is 10. The topological polar surface area (TPSA) is 6.48 Å². The highest BCUT2D eigenvalue weighted by Gasteiger charge is 2.49. The monoisotopic (exact) mass is 814 g/mol. The Hall–Kier alpha value is -7.42. The van der Waals surface area contributed by atoms with Crippen LogP contribution in [0.3, 0.4) is 0 Å². The molecule has 1 atom stereocenters. The van der Waals surface area contributed by atoms with Crippen molar-refractivity contribution >= 4 is 39.6 Å². The average Bonchev–Trinajstić information content (AvgIpc) is 3.60. The van der Waals surface area contributed by atoms with Gasteiger partial charge in [-0.1, -0.05) is 190 Å². The van der Waals surface area contributed by atoms with Crippen LogP contribution in [0.25, 0.3) is 11.1 Å². The lowest BCUT2D eigenvalue weighted by Crippen LogP contribution is -2.31. The molecule has 2 nitrogen and oxygen atoms in total. The summed E-state index contributed by atoms with van der Waals surface area (Å²) in [5.74, 6) is 0. The van der Waals surface area contributed by atoms with E-state index >= 15 is 0 Å². The second-order valence-electron chi connectivity index (χ2n) is 16.7. The van der Waals surface area contributed by atoms with Crippen LogP contribution in [0.2, 0.25) is 0 Å². The standard InChI is InChI=1S/C61H54N2/c1-5-6-7-14-27-46(2)62(50-32-19-10-20-33-50)53-38-40-55-47(3)59(61(58(55)45-53,48-28-15-8-16-29-48)49-30-17-9-18-31-49)56-41-39-54(44-57(56)60(4)42-25-13-26-43-60)63(51-34-21-11-22-35-51)52-36-23-12-24-37-52/h6-42,44-45H,2,5,43H2,1,3-4H3/b7-6-,27-14-. The van der Waals surface area contributed by atoms with Crippen LogP contribution in [-0.4, -0.2) is 0 Å². The molecule has 0 spiro atoms. The molecule has 0 aliphatic heterocycles. The minimum Gasteiger partial charge on any atom is -0.311 e. The fourth-order valence-electron chi connectivity index (χ4n) is 9.81. The Morgan fingerprint density at radius 1 is 0.571 bits per heavy atom. The highest BCUT2D eigenvalue weighted by molar-refractivity contribution is 6.06. The third kappa shape index (κ3) is 7.64. The van der Waals surface area contributed by atoms with Crippen molar-refractivity contribution in [3.8, 4) is 0 Å². The number of hydrogen-bond acceptors (Lipinski definition) is 2. The largest absolute Gasteiger partial charge is 0.311 e. The molecule has 7 aromatic rings. The Kier molecular flexibility index (Phi) is 11.6. The quantitative estimate of drug-likeness (QED) is 0.107. The van der Waals surface area contributed by atoms with Gasteiger partial charge in [0.15, 0.2) is 0 Å². The van der Waals surface area contributed by atoms with E-state index in [4.69, 9.17) is 0 Å². The zero-order valence-electron chi connectivity index (χ0n) is 36.5. The number of benzene rings is 7. The van der Waals surface area contributed by atoms with Gasteiger partial charge in [0, 0.05) is 39.5 Å². The number of hydrogen-bond donors (Lipinski definition) is 0. The maximum atomic E-state index is 4.65. The Balaban J connectivity index is 1.33. The van der Waals surface area contributed by atoms with Gasteiger partial charge in [-0.3, -0.25) is 0 Å². The van der Waals surface area contributed by atoms with E-state index in [9.17, 15) is 0 Å². The van der Waals surface area contributed by atoms with Gasteiger partial charge in [-0.25, -0.2) is 0 Å². The van der Waals surface area contributed by atoms with Crippen LogP contribution < -0.4 is 9.80 Å². The predicted octanol–water partition coefficient (Wildman–Crippen LogP) is 16.4. The van der Waals surface area contributed by atoms with Gasteiger partial charge in [-0.2, -0.15) is 0 Å². The molecule has 0 saturated heterocycles. The highest BCUT2D eigenvalue weighted by atomic mass is 15.1. The molecule has 0 fully saturated rings. The summed E-state index contributed by atoms with van der Waals surface area (Å²) in [6.45, 7) is 11.5. The molecule has 9 rings (SSSR count). The van der Waals surface area contributed by atoms with Crippen molar-refractivity contribution in [1.29, 1.82) is 0 Å². The van der Waals surface area contributed by atoms with Gasteiger partial charge in [0.25, 0.3) is 0 Å². The molecule has 0 N–H and O–H groups in total. The van der Waals surface area contributed by atoms with Crippen LogP contribution in [-0.2, 0) is 10.8 Å². The summed E-state index contributed by atoms with van der Waals surface area (Å²) in [7, 11) is 0. The van der Waals surface area contributed by atoms with Gasteiger partial charge < -0.3 is 9.80 Å².